The van der Waals surface area contributed by atoms with Crippen molar-refractivity contribution in [3.8, 4) is 0 Å². The Bertz CT molecular complexity index is 562. The maximum atomic E-state index is 12.3. The highest BCUT2D eigenvalue weighted by Gasteiger charge is 2.23. The SMILES string of the molecule is Cc1nc(S(=O)(=O)N[C@H](C)CN2CCC[C@@H](C)C2)cn1C. The molecule has 0 saturated carbocycles. The fraction of sp³-hybridized carbons (Fsp3) is 0.786. The Morgan fingerprint density at radius 2 is 2.24 bits per heavy atom. The summed E-state index contributed by atoms with van der Waals surface area (Å²) in [5, 5.41) is 0.0985. The van der Waals surface area contributed by atoms with E-state index in [1.165, 1.54) is 12.8 Å². The van der Waals surface area contributed by atoms with Crippen LogP contribution >= 0.6 is 0 Å². The molecule has 0 radical (unpaired) electrons. The average Bonchev–Trinajstić information content (AvgIpc) is 2.69. The lowest BCUT2D eigenvalue weighted by molar-refractivity contribution is 0.174. The molecule has 0 spiro atoms. The zero-order valence-electron chi connectivity index (χ0n) is 13.3. The van der Waals surface area contributed by atoms with Crippen LogP contribution in [0.2, 0.25) is 0 Å². The molecular formula is C14H26N4O2S. The Kier molecular flexibility index (Phi) is 5.06. The minimum absolute atomic E-state index is 0.0985. The van der Waals surface area contributed by atoms with Gasteiger partial charge >= 0.3 is 0 Å². The summed E-state index contributed by atoms with van der Waals surface area (Å²) in [7, 11) is -1.74. The number of rotatable bonds is 5. The van der Waals surface area contributed by atoms with Crippen LogP contribution in [0, 0.1) is 12.8 Å². The molecule has 1 aliphatic rings. The molecule has 0 aromatic carbocycles. The monoisotopic (exact) mass is 314 g/mol. The van der Waals surface area contributed by atoms with Gasteiger partial charge in [0.1, 0.15) is 5.82 Å². The van der Waals surface area contributed by atoms with Gasteiger partial charge in [0.25, 0.3) is 10.0 Å². The van der Waals surface area contributed by atoms with Gasteiger partial charge in [0.05, 0.1) is 0 Å². The molecule has 0 bridgehead atoms. The Labute approximate surface area is 127 Å². The number of nitrogens with one attached hydrogen (secondary N) is 1. The van der Waals surface area contributed by atoms with Gasteiger partial charge in [-0.05, 0) is 39.2 Å². The number of piperidine rings is 1. The molecule has 7 heteroatoms. The third-order valence-electron chi connectivity index (χ3n) is 3.99. The lowest BCUT2D eigenvalue weighted by Crippen LogP contribution is -2.45. The molecule has 2 atom stereocenters. The largest absolute Gasteiger partial charge is 0.337 e. The first-order valence-corrected chi connectivity index (χ1v) is 9.01. The van der Waals surface area contributed by atoms with Crippen molar-refractivity contribution in [1.29, 1.82) is 0 Å². The Morgan fingerprint density at radius 3 is 2.81 bits per heavy atom. The van der Waals surface area contributed by atoms with Gasteiger partial charge in [0.15, 0.2) is 5.03 Å². The quantitative estimate of drug-likeness (QED) is 0.884. The molecule has 1 saturated heterocycles. The number of sulfonamides is 1. The zero-order chi connectivity index (χ0) is 15.6. The zero-order valence-corrected chi connectivity index (χ0v) is 14.2. The predicted octanol–water partition coefficient (Wildman–Crippen LogP) is 1.13. The van der Waals surface area contributed by atoms with Gasteiger partial charge in [0.2, 0.25) is 0 Å². The fourth-order valence-electron chi connectivity index (χ4n) is 2.86. The number of imidazole rings is 1. The number of aromatic nitrogens is 2. The van der Waals surface area contributed by atoms with Crippen LogP contribution < -0.4 is 4.72 Å². The summed E-state index contributed by atoms with van der Waals surface area (Å²) in [5.41, 5.74) is 0. The molecule has 0 unspecified atom stereocenters. The Hall–Kier alpha value is -0.920. The van der Waals surface area contributed by atoms with E-state index in [-0.39, 0.29) is 11.1 Å². The highest BCUT2D eigenvalue weighted by atomic mass is 32.2. The summed E-state index contributed by atoms with van der Waals surface area (Å²) >= 11 is 0. The molecule has 21 heavy (non-hydrogen) atoms. The Morgan fingerprint density at radius 1 is 1.52 bits per heavy atom. The second kappa shape index (κ2) is 6.46. The number of aryl methyl sites for hydroxylation is 2. The maximum absolute atomic E-state index is 12.3. The first-order valence-electron chi connectivity index (χ1n) is 7.52. The van der Waals surface area contributed by atoms with Crippen LogP contribution in [-0.2, 0) is 17.1 Å². The van der Waals surface area contributed by atoms with Crippen molar-refractivity contribution in [2.24, 2.45) is 13.0 Å². The molecule has 1 fully saturated rings. The number of hydrogen-bond acceptors (Lipinski definition) is 4. The van der Waals surface area contributed by atoms with Crippen molar-refractivity contribution in [3.05, 3.63) is 12.0 Å². The van der Waals surface area contributed by atoms with Gasteiger partial charge < -0.3 is 9.47 Å². The summed E-state index contributed by atoms with van der Waals surface area (Å²) in [6, 6.07) is -0.123. The summed E-state index contributed by atoms with van der Waals surface area (Å²) in [6.45, 7) is 8.80. The first-order chi connectivity index (χ1) is 9.78. The molecule has 1 aromatic heterocycles. The van der Waals surface area contributed by atoms with Crippen LogP contribution in [0.4, 0.5) is 0 Å². The van der Waals surface area contributed by atoms with Gasteiger partial charge in [-0.25, -0.2) is 18.1 Å². The number of nitrogens with zero attached hydrogens (tertiary/aromatic N) is 3. The molecule has 2 heterocycles. The van der Waals surface area contributed by atoms with Crippen LogP contribution in [0.5, 0.6) is 0 Å². The lowest BCUT2D eigenvalue weighted by atomic mass is 10.00. The van der Waals surface area contributed by atoms with E-state index in [4.69, 9.17) is 0 Å². The summed E-state index contributed by atoms with van der Waals surface area (Å²) in [4.78, 5) is 6.43. The standard InChI is InChI=1S/C14H26N4O2S/c1-11-6-5-7-18(8-11)9-12(2)16-21(19,20)14-10-17(4)13(3)15-14/h10-12,16H,5-9H2,1-4H3/t11-,12-/m1/s1. The number of likely N-dealkylation sites (tertiary alicyclic amines) is 1. The van der Waals surface area contributed by atoms with E-state index in [0.29, 0.717) is 11.7 Å². The Balaban J connectivity index is 1.96. The predicted molar refractivity (Wildman–Crippen MR) is 82.6 cm³/mol. The second-order valence-electron chi connectivity index (χ2n) is 6.27. The van der Waals surface area contributed by atoms with Crippen LogP contribution in [0.3, 0.4) is 0 Å². The van der Waals surface area contributed by atoms with Crippen molar-refractivity contribution >= 4 is 10.0 Å². The third kappa shape index (κ3) is 4.28. The van der Waals surface area contributed by atoms with Crippen LogP contribution in [0.15, 0.2) is 11.2 Å². The molecule has 1 aliphatic heterocycles. The van der Waals surface area contributed by atoms with Crippen LogP contribution in [0.25, 0.3) is 0 Å². The van der Waals surface area contributed by atoms with Crippen molar-refractivity contribution in [2.45, 2.75) is 44.7 Å². The van der Waals surface area contributed by atoms with Gasteiger partial charge in [0, 0.05) is 32.4 Å². The van der Waals surface area contributed by atoms with Gasteiger partial charge in [-0.3, -0.25) is 0 Å². The first kappa shape index (κ1) is 16.5. The van der Waals surface area contributed by atoms with Crippen LogP contribution in [-0.4, -0.2) is 48.5 Å². The molecule has 1 aromatic rings. The molecular weight excluding hydrogens is 288 g/mol. The van der Waals surface area contributed by atoms with Crippen LogP contribution in [0.1, 0.15) is 32.5 Å². The summed E-state index contributed by atoms with van der Waals surface area (Å²) in [5.74, 6) is 1.38. The fourth-order valence-corrected chi connectivity index (χ4v) is 4.13. The van der Waals surface area contributed by atoms with Crippen molar-refractivity contribution < 1.29 is 8.42 Å². The lowest BCUT2D eigenvalue weighted by Gasteiger charge is -2.32. The topological polar surface area (TPSA) is 67.2 Å². The van der Waals surface area contributed by atoms with E-state index in [1.54, 1.807) is 24.7 Å². The molecule has 6 nitrogen and oxygen atoms in total. The second-order valence-corrected chi connectivity index (χ2v) is 7.93. The molecule has 0 aliphatic carbocycles. The molecule has 1 N–H and O–H groups in total. The third-order valence-corrected chi connectivity index (χ3v) is 5.45. The minimum Gasteiger partial charge on any atom is -0.337 e. The number of hydrogen-bond donors (Lipinski definition) is 1. The summed E-state index contributed by atoms with van der Waals surface area (Å²) in [6.07, 6.45) is 4.01. The van der Waals surface area contributed by atoms with E-state index in [9.17, 15) is 8.42 Å². The van der Waals surface area contributed by atoms with Crippen molar-refractivity contribution in [1.82, 2.24) is 19.2 Å². The summed E-state index contributed by atoms with van der Waals surface area (Å²) < 4.78 is 29.1. The molecule has 120 valence electrons. The van der Waals surface area contributed by atoms with E-state index < -0.39 is 10.0 Å². The van der Waals surface area contributed by atoms with E-state index in [0.717, 1.165) is 19.6 Å². The molecule has 0 amide bonds. The highest BCUT2D eigenvalue weighted by molar-refractivity contribution is 7.89. The highest BCUT2D eigenvalue weighted by Crippen LogP contribution is 2.16. The van der Waals surface area contributed by atoms with Gasteiger partial charge in [-0.1, -0.05) is 6.92 Å². The van der Waals surface area contributed by atoms with Crippen molar-refractivity contribution in [3.63, 3.8) is 0 Å². The maximum Gasteiger partial charge on any atom is 0.259 e. The smallest absolute Gasteiger partial charge is 0.259 e. The van der Waals surface area contributed by atoms with Gasteiger partial charge in [-0.15, -0.1) is 0 Å². The van der Waals surface area contributed by atoms with Gasteiger partial charge in [-0.2, -0.15) is 0 Å². The minimum atomic E-state index is -3.53. The van der Waals surface area contributed by atoms with E-state index in [2.05, 4.69) is 21.5 Å². The van der Waals surface area contributed by atoms with E-state index in [1.807, 2.05) is 6.92 Å². The molecule has 2 rings (SSSR count). The normalized spacial score (nSPS) is 22.4. The average molecular weight is 314 g/mol. The van der Waals surface area contributed by atoms with Crippen molar-refractivity contribution in [2.75, 3.05) is 19.6 Å². The van der Waals surface area contributed by atoms with E-state index >= 15 is 0 Å².